The van der Waals surface area contributed by atoms with Crippen LogP contribution in [-0.2, 0) is 11.2 Å². The maximum atomic E-state index is 13.4. The number of carbonyl (C=O) groups is 2. The molecule has 9 nitrogen and oxygen atoms in total. The number of anilines is 1. The van der Waals surface area contributed by atoms with Crippen molar-refractivity contribution in [2.24, 2.45) is 0 Å². The second-order valence-electron chi connectivity index (χ2n) is 8.57. The van der Waals surface area contributed by atoms with Crippen LogP contribution in [0.4, 0.5) is 5.82 Å². The lowest BCUT2D eigenvalue weighted by Gasteiger charge is -2.29. The van der Waals surface area contributed by atoms with Crippen LogP contribution in [0.25, 0.3) is 11.0 Å². The average Bonchev–Trinajstić information content (AvgIpc) is 3.35. The summed E-state index contributed by atoms with van der Waals surface area (Å²) in [7, 11) is 0. The zero-order valence-corrected chi connectivity index (χ0v) is 19.0. The summed E-state index contributed by atoms with van der Waals surface area (Å²) in [6.45, 7) is 0.460. The fraction of sp³-hybridized carbons (Fsp3) is 0.269. The Kier molecular flexibility index (Phi) is 6.60. The highest BCUT2D eigenvalue weighted by Gasteiger charge is 2.24. The van der Waals surface area contributed by atoms with Crippen LogP contribution in [0.15, 0.2) is 61.3 Å². The average molecular weight is 472 g/mol. The Morgan fingerprint density at radius 2 is 1.86 bits per heavy atom. The minimum atomic E-state index is -0.165. The number of Topliss-reactive ketones (excluding diaryl/α,β-unsaturated/α-hetero) is 1. The summed E-state index contributed by atoms with van der Waals surface area (Å²) >= 11 is 0. The molecular formula is C26H25N5O4. The minimum Gasteiger partial charge on any atom is -0.394 e. The number of carbonyl (C=O) groups excluding carboxylic acids is 2. The van der Waals surface area contributed by atoms with E-state index in [0.29, 0.717) is 40.1 Å². The van der Waals surface area contributed by atoms with Gasteiger partial charge in [0.25, 0.3) is 0 Å². The number of hydrogen-bond acceptors (Lipinski definition) is 8. The number of aromatic nitrogens is 4. The number of rotatable bonds is 8. The first kappa shape index (κ1) is 22.8. The molecule has 0 unspecified atom stereocenters. The number of hydrogen-bond donors (Lipinski definition) is 3. The van der Waals surface area contributed by atoms with Crippen molar-refractivity contribution < 1.29 is 19.4 Å². The number of nitrogens with one attached hydrogen (secondary N) is 2. The molecule has 4 heterocycles. The number of fused-ring (bicyclic) bond motifs is 1. The zero-order valence-electron chi connectivity index (χ0n) is 19.0. The van der Waals surface area contributed by atoms with E-state index in [4.69, 9.17) is 4.74 Å². The van der Waals surface area contributed by atoms with Gasteiger partial charge in [0.2, 0.25) is 0 Å². The number of H-pyrrole nitrogens is 1. The Morgan fingerprint density at radius 3 is 2.57 bits per heavy atom. The number of nitrogens with zero attached hydrogens (tertiary/aromatic N) is 3. The molecule has 4 aromatic rings. The van der Waals surface area contributed by atoms with E-state index in [2.05, 4.69) is 25.3 Å². The fourth-order valence-corrected chi connectivity index (χ4v) is 4.26. The lowest BCUT2D eigenvalue weighted by molar-refractivity contribution is -0.0224. The molecule has 0 amide bonds. The second kappa shape index (κ2) is 10.1. The van der Waals surface area contributed by atoms with Gasteiger partial charge in [-0.25, -0.2) is 9.97 Å². The van der Waals surface area contributed by atoms with Gasteiger partial charge in [-0.05, 0) is 30.5 Å². The summed E-state index contributed by atoms with van der Waals surface area (Å²) < 4.78 is 5.66. The van der Waals surface area contributed by atoms with Crippen LogP contribution < -0.4 is 5.32 Å². The maximum absolute atomic E-state index is 13.4. The molecule has 9 heteroatoms. The van der Waals surface area contributed by atoms with E-state index in [9.17, 15) is 14.7 Å². The Balaban J connectivity index is 1.34. The van der Waals surface area contributed by atoms with E-state index < -0.39 is 0 Å². The zero-order chi connectivity index (χ0) is 24.2. The molecule has 3 aromatic heterocycles. The first-order valence-corrected chi connectivity index (χ1v) is 11.5. The van der Waals surface area contributed by atoms with Gasteiger partial charge in [0.1, 0.15) is 17.8 Å². The molecule has 0 bridgehead atoms. The quantitative estimate of drug-likeness (QED) is 0.335. The molecule has 35 heavy (non-hydrogen) atoms. The van der Waals surface area contributed by atoms with Crippen molar-refractivity contribution in [3.63, 3.8) is 0 Å². The van der Waals surface area contributed by atoms with Gasteiger partial charge in [-0.2, -0.15) is 0 Å². The highest BCUT2D eigenvalue weighted by Crippen LogP contribution is 2.27. The van der Waals surface area contributed by atoms with Crippen LogP contribution in [0.1, 0.15) is 44.7 Å². The molecule has 5 rings (SSSR count). The third-order valence-electron chi connectivity index (χ3n) is 6.21. The molecule has 3 N–H and O–H groups in total. The summed E-state index contributed by atoms with van der Waals surface area (Å²) in [6, 6.07) is 10.5. The molecule has 1 aliphatic heterocycles. The predicted octanol–water partition coefficient (Wildman–Crippen LogP) is 2.96. The third kappa shape index (κ3) is 4.96. The van der Waals surface area contributed by atoms with E-state index in [1.807, 2.05) is 0 Å². The molecule has 1 aliphatic rings. The number of aromatic amines is 1. The van der Waals surface area contributed by atoms with Gasteiger partial charge in [-0.15, -0.1) is 0 Å². The molecule has 0 radical (unpaired) electrons. The maximum Gasteiger partial charge on any atom is 0.195 e. The number of pyridine rings is 1. The Morgan fingerprint density at radius 1 is 1.06 bits per heavy atom. The fourth-order valence-electron chi connectivity index (χ4n) is 4.26. The van der Waals surface area contributed by atoms with E-state index in [1.165, 1.54) is 6.33 Å². The summed E-state index contributed by atoms with van der Waals surface area (Å²) in [4.78, 5) is 41.5. The van der Waals surface area contributed by atoms with E-state index in [-0.39, 0.29) is 36.7 Å². The molecule has 178 valence electrons. The van der Waals surface area contributed by atoms with Crippen molar-refractivity contribution in [3.8, 4) is 0 Å². The Labute approximate surface area is 201 Å². The molecule has 1 fully saturated rings. The van der Waals surface area contributed by atoms with Gasteiger partial charge >= 0.3 is 0 Å². The molecule has 0 saturated carbocycles. The molecule has 0 aliphatic carbocycles. The number of ether oxygens (including phenoxy) is 1. The molecule has 1 aromatic carbocycles. The largest absolute Gasteiger partial charge is 0.394 e. The summed E-state index contributed by atoms with van der Waals surface area (Å²) in [5, 5.41) is 13.3. The topological polar surface area (TPSA) is 130 Å². The van der Waals surface area contributed by atoms with Gasteiger partial charge in [-0.3, -0.25) is 14.6 Å². The van der Waals surface area contributed by atoms with Gasteiger partial charge in [0, 0.05) is 36.1 Å². The number of aliphatic hydroxyl groups excluding tert-OH is 1. The standard InChI is InChI=1S/C26H25N5O4/c32-13-20-6-5-19(14-35-20)31-26-23-21(12-28-25(23)29-15-30-26)24(34)18-3-1-16(2-4-18)11-22(33)17-7-9-27-10-8-17/h1-4,7-10,12,15,19-20,32H,5-6,11,13-14H2,(H2,28,29,30,31)/t19-,20+/m0/s1. The Hall–Kier alpha value is -3.95. The monoisotopic (exact) mass is 471 g/mol. The van der Waals surface area contributed by atoms with Crippen LogP contribution >= 0.6 is 0 Å². The van der Waals surface area contributed by atoms with E-state index >= 15 is 0 Å². The summed E-state index contributed by atoms with van der Waals surface area (Å²) in [5.74, 6) is 0.393. The van der Waals surface area contributed by atoms with Crippen LogP contribution in [-0.4, -0.2) is 62.0 Å². The summed E-state index contributed by atoms with van der Waals surface area (Å²) in [6.07, 6.45) is 7.96. The van der Waals surface area contributed by atoms with Gasteiger partial charge in [-0.1, -0.05) is 24.3 Å². The molecular weight excluding hydrogens is 446 g/mol. The summed E-state index contributed by atoms with van der Waals surface area (Å²) in [5.41, 5.74) is 2.97. The highest BCUT2D eigenvalue weighted by atomic mass is 16.5. The van der Waals surface area contributed by atoms with Crippen molar-refractivity contribution in [2.45, 2.75) is 31.4 Å². The lowest BCUT2D eigenvalue weighted by atomic mass is 9.99. The van der Waals surface area contributed by atoms with Crippen LogP contribution in [0.3, 0.4) is 0 Å². The smallest absolute Gasteiger partial charge is 0.195 e. The van der Waals surface area contributed by atoms with Crippen LogP contribution in [0, 0.1) is 0 Å². The van der Waals surface area contributed by atoms with Gasteiger partial charge in [0.15, 0.2) is 11.6 Å². The third-order valence-corrected chi connectivity index (χ3v) is 6.21. The molecule has 1 saturated heterocycles. The number of benzene rings is 1. The van der Waals surface area contributed by atoms with Crippen molar-refractivity contribution in [1.29, 1.82) is 0 Å². The number of aliphatic hydroxyl groups is 1. The van der Waals surface area contributed by atoms with Crippen molar-refractivity contribution in [2.75, 3.05) is 18.5 Å². The SMILES string of the molecule is O=C(Cc1ccc(C(=O)c2c[nH]c3ncnc(N[C@H]4CC[C@H](CO)OC4)c23)cc1)c1ccncc1. The molecule has 0 spiro atoms. The normalized spacial score (nSPS) is 17.9. The van der Waals surface area contributed by atoms with Gasteiger partial charge in [0.05, 0.1) is 36.3 Å². The van der Waals surface area contributed by atoms with Crippen LogP contribution in [0.5, 0.6) is 0 Å². The minimum absolute atomic E-state index is 0.00651. The lowest BCUT2D eigenvalue weighted by Crippen LogP contribution is -2.36. The first-order valence-electron chi connectivity index (χ1n) is 11.5. The second-order valence-corrected chi connectivity index (χ2v) is 8.57. The van der Waals surface area contributed by atoms with Crippen LogP contribution in [0.2, 0.25) is 0 Å². The number of ketones is 2. The first-order chi connectivity index (χ1) is 17.1. The highest BCUT2D eigenvalue weighted by molar-refractivity contribution is 6.18. The predicted molar refractivity (Wildman–Crippen MR) is 130 cm³/mol. The molecule has 2 atom stereocenters. The van der Waals surface area contributed by atoms with E-state index in [0.717, 1.165) is 18.4 Å². The Bertz CT molecular complexity index is 1330. The van der Waals surface area contributed by atoms with Crippen molar-refractivity contribution in [3.05, 3.63) is 83.6 Å². The van der Waals surface area contributed by atoms with Crippen molar-refractivity contribution >= 4 is 28.4 Å². The van der Waals surface area contributed by atoms with Crippen molar-refractivity contribution in [1.82, 2.24) is 19.9 Å². The van der Waals surface area contributed by atoms with Gasteiger partial charge < -0.3 is 20.1 Å². The van der Waals surface area contributed by atoms with E-state index in [1.54, 1.807) is 55.0 Å².